The average Bonchev–Trinajstić information content (AvgIpc) is 3.22. The maximum atomic E-state index is 13.2. The van der Waals surface area contributed by atoms with Gasteiger partial charge in [-0.05, 0) is 42.5 Å². The van der Waals surface area contributed by atoms with E-state index in [0.29, 0.717) is 33.5 Å². The molecule has 0 aliphatic carbocycles. The van der Waals surface area contributed by atoms with Gasteiger partial charge in [-0.2, -0.15) is 0 Å². The van der Waals surface area contributed by atoms with Crippen molar-refractivity contribution in [2.24, 2.45) is 0 Å². The fraction of sp³-hybridized carbons (Fsp3) is 0.0435. The molecule has 4 rings (SSSR count). The van der Waals surface area contributed by atoms with Crippen molar-refractivity contribution >= 4 is 46.3 Å². The Kier molecular flexibility index (Phi) is 5.54. The number of fused-ring (bicyclic) bond motifs is 1. The summed E-state index contributed by atoms with van der Waals surface area (Å²) < 4.78 is 0. The van der Waals surface area contributed by atoms with Crippen molar-refractivity contribution in [2.45, 2.75) is 0 Å². The minimum absolute atomic E-state index is 0.150. The number of carboxylic acid groups (broad SMARTS) is 1. The van der Waals surface area contributed by atoms with Gasteiger partial charge in [-0.25, -0.2) is 14.6 Å². The van der Waals surface area contributed by atoms with Crippen LogP contribution >= 0.6 is 0 Å². The van der Waals surface area contributed by atoms with E-state index in [0.717, 1.165) is 4.90 Å². The fourth-order valence-corrected chi connectivity index (χ4v) is 3.13. The summed E-state index contributed by atoms with van der Waals surface area (Å²) in [5.41, 5.74) is 2.70. The molecule has 0 aliphatic rings. The number of rotatable bonds is 5. The van der Waals surface area contributed by atoms with Crippen molar-refractivity contribution in [3.8, 4) is 0 Å². The summed E-state index contributed by atoms with van der Waals surface area (Å²) in [4.78, 5) is 44.8. The number of aromatic nitrogens is 2. The van der Waals surface area contributed by atoms with Gasteiger partial charge in [-0.1, -0.05) is 30.3 Å². The lowest BCUT2D eigenvalue weighted by Crippen LogP contribution is -2.24. The van der Waals surface area contributed by atoms with E-state index >= 15 is 0 Å². The Bertz CT molecular complexity index is 1320. The van der Waals surface area contributed by atoms with Gasteiger partial charge in [-0.15, -0.1) is 0 Å². The van der Waals surface area contributed by atoms with Crippen LogP contribution in [0.4, 0.5) is 26.9 Å². The molecule has 0 atom stereocenters. The van der Waals surface area contributed by atoms with Crippen LogP contribution in [0.2, 0.25) is 0 Å². The van der Waals surface area contributed by atoms with Crippen molar-refractivity contribution in [3.05, 3.63) is 83.9 Å². The van der Waals surface area contributed by atoms with Gasteiger partial charge in [0, 0.05) is 23.9 Å². The Balaban J connectivity index is 1.59. The van der Waals surface area contributed by atoms with Crippen LogP contribution in [-0.2, 0) is 0 Å². The zero-order chi connectivity index (χ0) is 22.7. The van der Waals surface area contributed by atoms with Gasteiger partial charge in [0.25, 0.3) is 0 Å². The predicted molar refractivity (Wildman–Crippen MR) is 121 cm³/mol. The highest BCUT2D eigenvalue weighted by molar-refractivity contribution is 6.15. The number of ketones is 1. The first-order valence-electron chi connectivity index (χ1n) is 9.65. The Labute approximate surface area is 182 Å². The van der Waals surface area contributed by atoms with Gasteiger partial charge in [-0.3, -0.25) is 9.69 Å². The van der Waals surface area contributed by atoms with E-state index in [2.05, 4.69) is 20.6 Å². The largest absolute Gasteiger partial charge is 0.465 e. The second-order valence-electron chi connectivity index (χ2n) is 6.95. The van der Waals surface area contributed by atoms with E-state index in [1.54, 1.807) is 66.7 Å². The van der Waals surface area contributed by atoms with Crippen molar-refractivity contribution in [1.29, 1.82) is 0 Å². The first kappa shape index (κ1) is 20.6. The molecule has 0 fully saturated rings. The molecule has 9 heteroatoms. The average molecular weight is 429 g/mol. The van der Waals surface area contributed by atoms with Gasteiger partial charge in [0.05, 0.1) is 16.7 Å². The van der Waals surface area contributed by atoms with Crippen LogP contribution in [0.3, 0.4) is 0 Å². The molecule has 160 valence electrons. The molecule has 0 aliphatic heterocycles. The van der Waals surface area contributed by atoms with Crippen LogP contribution in [0.25, 0.3) is 11.0 Å². The molecule has 0 spiro atoms. The van der Waals surface area contributed by atoms with E-state index < -0.39 is 12.1 Å². The monoisotopic (exact) mass is 429 g/mol. The Morgan fingerprint density at radius 2 is 1.66 bits per heavy atom. The highest BCUT2D eigenvalue weighted by Gasteiger charge is 2.18. The Hall–Kier alpha value is -4.66. The summed E-state index contributed by atoms with van der Waals surface area (Å²) in [5.74, 6) is -0.157. The van der Waals surface area contributed by atoms with E-state index in [4.69, 9.17) is 5.11 Å². The molecular weight excluding hydrogens is 410 g/mol. The number of amides is 3. The number of hydrogen-bond donors (Lipinski definition) is 4. The summed E-state index contributed by atoms with van der Waals surface area (Å²) in [6.45, 7) is 0. The number of imidazole rings is 1. The summed E-state index contributed by atoms with van der Waals surface area (Å²) >= 11 is 0. The molecule has 3 aromatic carbocycles. The van der Waals surface area contributed by atoms with E-state index in [9.17, 15) is 14.4 Å². The first-order chi connectivity index (χ1) is 15.4. The first-order valence-corrected chi connectivity index (χ1v) is 9.65. The maximum absolute atomic E-state index is 13.2. The third-order valence-corrected chi connectivity index (χ3v) is 4.79. The highest BCUT2D eigenvalue weighted by Crippen LogP contribution is 2.23. The molecule has 0 bridgehead atoms. The topological polar surface area (TPSA) is 127 Å². The molecule has 0 radical (unpaired) electrons. The second-order valence-corrected chi connectivity index (χ2v) is 6.95. The zero-order valence-corrected chi connectivity index (χ0v) is 17.0. The normalized spacial score (nSPS) is 10.5. The number of carbonyl (C=O) groups is 3. The number of carbonyl (C=O) groups excluding carboxylic acids is 2. The predicted octanol–water partition coefficient (Wildman–Crippen LogP) is 4.55. The smallest absolute Gasteiger partial charge is 0.413 e. The van der Waals surface area contributed by atoms with Crippen molar-refractivity contribution in [3.63, 3.8) is 0 Å². The molecule has 32 heavy (non-hydrogen) atoms. The summed E-state index contributed by atoms with van der Waals surface area (Å²) in [6.07, 6.45) is -1.16. The fourth-order valence-electron chi connectivity index (χ4n) is 3.13. The van der Waals surface area contributed by atoms with Crippen molar-refractivity contribution in [2.75, 3.05) is 22.6 Å². The summed E-state index contributed by atoms with van der Waals surface area (Å²) in [6, 6.07) is 20.0. The standard InChI is InChI=1S/C23H19N5O4/c1-28(23(31)32)21-25-18-12-11-14(13-19(18)26-21)20(29)16-9-5-6-10-17(16)27-22(30)24-15-7-3-2-4-8-15/h2-13H,1H3,(H,25,26)(H,31,32)(H2,24,27,30). The number of nitrogens with one attached hydrogen (secondary N) is 3. The molecule has 4 N–H and O–H groups in total. The van der Waals surface area contributed by atoms with Gasteiger partial charge >= 0.3 is 12.1 Å². The SMILES string of the molecule is CN(C(=O)O)c1nc2cc(C(=O)c3ccccc3NC(=O)Nc3ccccc3)ccc2[nH]1. The quantitative estimate of drug-likeness (QED) is 0.346. The highest BCUT2D eigenvalue weighted by atomic mass is 16.4. The van der Waals surface area contributed by atoms with Gasteiger partial charge < -0.3 is 20.7 Å². The number of para-hydroxylation sites is 2. The van der Waals surface area contributed by atoms with Gasteiger partial charge in [0.1, 0.15) is 0 Å². The molecular formula is C23H19N5O4. The third kappa shape index (κ3) is 4.26. The van der Waals surface area contributed by atoms with Crippen LogP contribution in [0.5, 0.6) is 0 Å². The van der Waals surface area contributed by atoms with E-state index in [1.165, 1.54) is 7.05 Å². The number of hydrogen-bond acceptors (Lipinski definition) is 4. The number of benzene rings is 3. The minimum atomic E-state index is -1.16. The second kappa shape index (κ2) is 8.60. The van der Waals surface area contributed by atoms with Crippen LogP contribution < -0.4 is 15.5 Å². The van der Waals surface area contributed by atoms with Crippen LogP contribution in [-0.4, -0.2) is 40.0 Å². The Morgan fingerprint density at radius 1 is 0.938 bits per heavy atom. The number of nitrogens with zero attached hydrogens (tertiary/aromatic N) is 2. The maximum Gasteiger partial charge on any atom is 0.413 e. The molecule has 0 saturated carbocycles. The lowest BCUT2D eigenvalue weighted by molar-refractivity contribution is 0.103. The lowest BCUT2D eigenvalue weighted by Gasteiger charge is -2.11. The zero-order valence-electron chi connectivity index (χ0n) is 17.0. The molecule has 1 heterocycles. The number of anilines is 3. The molecule has 1 aromatic heterocycles. The van der Waals surface area contributed by atoms with Crippen LogP contribution in [0.15, 0.2) is 72.8 Å². The van der Waals surface area contributed by atoms with E-state index in [1.807, 2.05) is 6.07 Å². The molecule has 0 unspecified atom stereocenters. The molecule has 4 aromatic rings. The minimum Gasteiger partial charge on any atom is -0.465 e. The Morgan fingerprint density at radius 3 is 2.41 bits per heavy atom. The van der Waals surface area contributed by atoms with Gasteiger partial charge in [0.15, 0.2) is 5.78 Å². The number of H-pyrrole nitrogens is 1. The van der Waals surface area contributed by atoms with Crippen LogP contribution in [0, 0.1) is 0 Å². The van der Waals surface area contributed by atoms with Crippen molar-refractivity contribution < 1.29 is 19.5 Å². The van der Waals surface area contributed by atoms with Gasteiger partial charge in [0.2, 0.25) is 5.95 Å². The number of aromatic amines is 1. The summed E-state index contributed by atoms with van der Waals surface area (Å²) in [7, 11) is 1.37. The van der Waals surface area contributed by atoms with Crippen LogP contribution in [0.1, 0.15) is 15.9 Å². The number of urea groups is 1. The van der Waals surface area contributed by atoms with E-state index in [-0.39, 0.29) is 11.7 Å². The summed E-state index contributed by atoms with van der Waals surface area (Å²) in [5, 5.41) is 14.5. The van der Waals surface area contributed by atoms with Crippen molar-refractivity contribution in [1.82, 2.24) is 9.97 Å². The lowest BCUT2D eigenvalue weighted by atomic mass is 10.0. The molecule has 3 amide bonds. The molecule has 0 saturated heterocycles. The third-order valence-electron chi connectivity index (χ3n) is 4.79. The molecule has 9 nitrogen and oxygen atoms in total.